The number of nitrogens with zero attached hydrogens (tertiary/aromatic N) is 2. The molecule has 7 nitrogen and oxygen atoms in total. The van der Waals surface area contributed by atoms with E-state index in [1.165, 1.54) is 0 Å². The first-order valence-electron chi connectivity index (χ1n) is 11.8. The number of hydrogen-bond donors (Lipinski definition) is 0. The molecule has 0 radical (unpaired) electrons. The number of ether oxygens (including phenoxy) is 4. The number of ketones is 1. The first kappa shape index (κ1) is 23.8. The first-order chi connectivity index (χ1) is 17.4. The van der Waals surface area contributed by atoms with Crippen LogP contribution in [0.25, 0.3) is 6.08 Å². The van der Waals surface area contributed by atoms with E-state index in [0.29, 0.717) is 48.4 Å². The van der Waals surface area contributed by atoms with Crippen LogP contribution in [-0.4, -0.2) is 45.7 Å². The molecule has 0 fully saturated rings. The largest absolute Gasteiger partial charge is 0.493 e. The molecule has 2 heterocycles. The highest BCUT2D eigenvalue weighted by molar-refractivity contribution is 6.15. The third-order valence-electron chi connectivity index (χ3n) is 6.55. The zero-order chi connectivity index (χ0) is 25.4. The molecule has 36 heavy (non-hydrogen) atoms. The summed E-state index contributed by atoms with van der Waals surface area (Å²) >= 11 is 0. The van der Waals surface area contributed by atoms with Crippen LogP contribution in [0.15, 0.2) is 54.3 Å². The number of benzene rings is 3. The Morgan fingerprint density at radius 3 is 2.47 bits per heavy atom. The highest BCUT2D eigenvalue weighted by atomic mass is 16.5. The van der Waals surface area contributed by atoms with Crippen molar-refractivity contribution in [2.24, 2.45) is 0 Å². The maximum absolute atomic E-state index is 13.3. The zero-order valence-corrected chi connectivity index (χ0v) is 21.3. The highest BCUT2D eigenvalue weighted by Gasteiger charge is 2.35. The topological polar surface area (TPSA) is 60.5 Å². The molecule has 2 aliphatic heterocycles. The minimum atomic E-state index is -0.0981. The van der Waals surface area contributed by atoms with Gasteiger partial charge in [-0.1, -0.05) is 18.2 Å². The second-order valence-corrected chi connectivity index (χ2v) is 9.25. The van der Waals surface area contributed by atoms with Gasteiger partial charge in [-0.05, 0) is 60.0 Å². The molecular formula is C29H30N2O5. The summed E-state index contributed by atoms with van der Waals surface area (Å²) in [6.07, 6.45) is 1.80. The number of rotatable bonds is 6. The van der Waals surface area contributed by atoms with Crippen LogP contribution in [0, 0.1) is 6.92 Å². The lowest BCUT2D eigenvalue weighted by Crippen LogP contribution is -2.31. The van der Waals surface area contributed by atoms with Crippen molar-refractivity contribution in [1.82, 2.24) is 4.90 Å². The second-order valence-electron chi connectivity index (χ2n) is 9.25. The molecule has 3 aromatic carbocycles. The molecule has 186 valence electrons. The fourth-order valence-corrected chi connectivity index (χ4v) is 4.63. The van der Waals surface area contributed by atoms with Crippen LogP contribution >= 0.6 is 0 Å². The maximum Gasteiger partial charge on any atom is 0.232 e. The van der Waals surface area contributed by atoms with Crippen molar-refractivity contribution in [2.75, 3.05) is 39.9 Å². The molecule has 0 spiro atoms. The molecule has 0 unspecified atom stereocenters. The van der Waals surface area contributed by atoms with Crippen LogP contribution in [0.3, 0.4) is 0 Å². The summed E-state index contributed by atoms with van der Waals surface area (Å²) in [5.74, 6) is 2.97. The highest BCUT2D eigenvalue weighted by Crippen LogP contribution is 2.44. The van der Waals surface area contributed by atoms with Crippen LogP contribution in [0.4, 0.5) is 5.69 Å². The van der Waals surface area contributed by atoms with Crippen LogP contribution in [-0.2, 0) is 13.1 Å². The van der Waals surface area contributed by atoms with Crippen LogP contribution < -0.4 is 23.8 Å². The standard InChI is InChI=1S/C29H30N2O5/c1-18-12-24-22(16-31(17-35-24)15-20-8-11-23(33-4)25(14-20)34-5)29-27(18)28(32)26(36-29)13-19-6-9-21(10-7-19)30(2)3/h6-14H,15-17H2,1-5H3/b26-13-. The average Bonchev–Trinajstić information content (AvgIpc) is 3.21. The Morgan fingerprint density at radius 1 is 1.03 bits per heavy atom. The smallest absolute Gasteiger partial charge is 0.232 e. The van der Waals surface area contributed by atoms with E-state index in [9.17, 15) is 4.79 Å². The number of anilines is 1. The molecule has 0 amide bonds. The van der Waals surface area contributed by atoms with Crippen molar-refractivity contribution in [3.63, 3.8) is 0 Å². The summed E-state index contributed by atoms with van der Waals surface area (Å²) in [5.41, 5.74) is 5.43. The number of methoxy groups -OCH3 is 2. The molecule has 5 rings (SSSR count). The minimum Gasteiger partial charge on any atom is -0.493 e. The Morgan fingerprint density at radius 2 is 1.78 bits per heavy atom. The van der Waals surface area contributed by atoms with Gasteiger partial charge in [-0.25, -0.2) is 0 Å². The summed E-state index contributed by atoms with van der Waals surface area (Å²) in [4.78, 5) is 17.5. The van der Waals surface area contributed by atoms with E-state index in [0.717, 1.165) is 33.7 Å². The van der Waals surface area contributed by atoms with Gasteiger partial charge < -0.3 is 23.8 Å². The van der Waals surface area contributed by atoms with Crippen molar-refractivity contribution >= 4 is 17.5 Å². The normalized spacial score (nSPS) is 15.7. The Hall–Kier alpha value is -3.97. The van der Waals surface area contributed by atoms with Crippen molar-refractivity contribution in [3.05, 3.63) is 82.1 Å². The number of Topliss-reactive ketones (excluding diaryl/α,β-unsaturated/α-hetero) is 1. The van der Waals surface area contributed by atoms with Gasteiger partial charge in [-0.3, -0.25) is 9.69 Å². The third-order valence-corrected chi connectivity index (χ3v) is 6.55. The van der Waals surface area contributed by atoms with E-state index >= 15 is 0 Å². The lowest BCUT2D eigenvalue weighted by Gasteiger charge is -2.30. The molecule has 0 aromatic heterocycles. The Bertz CT molecular complexity index is 1340. The monoisotopic (exact) mass is 486 g/mol. The number of hydrogen-bond acceptors (Lipinski definition) is 7. The predicted molar refractivity (Wildman–Crippen MR) is 139 cm³/mol. The van der Waals surface area contributed by atoms with E-state index < -0.39 is 0 Å². The van der Waals surface area contributed by atoms with Gasteiger partial charge in [0.1, 0.15) is 18.2 Å². The van der Waals surface area contributed by atoms with Gasteiger partial charge in [0.05, 0.1) is 25.3 Å². The number of allylic oxidation sites excluding steroid dienone is 1. The summed E-state index contributed by atoms with van der Waals surface area (Å²) in [5, 5.41) is 0. The van der Waals surface area contributed by atoms with Crippen LogP contribution in [0.1, 0.15) is 32.6 Å². The summed E-state index contributed by atoms with van der Waals surface area (Å²) in [6, 6.07) is 15.8. The van der Waals surface area contributed by atoms with Crippen molar-refractivity contribution in [1.29, 1.82) is 0 Å². The SMILES string of the molecule is COc1ccc(CN2COc3cc(C)c4c(c3C2)O/C(=C\c2ccc(N(C)C)cc2)C4=O)cc1OC. The summed E-state index contributed by atoms with van der Waals surface area (Å²) in [7, 11) is 7.24. The quantitative estimate of drug-likeness (QED) is 0.452. The zero-order valence-electron chi connectivity index (χ0n) is 21.3. The predicted octanol–water partition coefficient (Wildman–Crippen LogP) is 5.05. The van der Waals surface area contributed by atoms with E-state index in [2.05, 4.69) is 4.90 Å². The van der Waals surface area contributed by atoms with Gasteiger partial charge in [0.2, 0.25) is 5.78 Å². The van der Waals surface area contributed by atoms with Gasteiger partial charge in [0.15, 0.2) is 17.3 Å². The Balaban J connectivity index is 1.41. The lowest BCUT2D eigenvalue weighted by molar-refractivity contribution is 0.0871. The molecule has 0 N–H and O–H groups in total. The van der Waals surface area contributed by atoms with Crippen molar-refractivity contribution in [2.45, 2.75) is 20.0 Å². The molecular weight excluding hydrogens is 456 g/mol. The van der Waals surface area contributed by atoms with Crippen molar-refractivity contribution < 1.29 is 23.7 Å². The molecule has 7 heteroatoms. The number of fused-ring (bicyclic) bond motifs is 3. The first-order valence-corrected chi connectivity index (χ1v) is 11.8. The second kappa shape index (κ2) is 9.59. The van der Waals surface area contributed by atoms with Gasteiger partial charge in [-0.15, -0.1) is 0 Å². The third kappa shape index (κ3) is 4.38. The van der Waals surface area contributed by atoms with Crippen LogP contribution in [0.5, 0.6) is 23.0 Å². The van der Waals surface area contributed by atoms with E-state index in [4.69, 9.17) is 18.9 Å². The van der Waals surface area contributed by atoms with E-state index in [-0.39, 0.29) is 5.78 Å². The molecule has 0 aliphatic carbocycles. The Kier molecular flexibility index (Phi) is 6.33. The van der Waals surface area contributed by atoms with Gasteiger partial charge in [-0.2, -0.15) is 0 Å². The van der Waals surface area contributed by atoms with Crippen molar-refractivity contribution in [3.8, 4) is 23.0 Å². The molecule has 0 atom stereocenters. The summed E-state index contributed by atoms with van der Waals surface area (Å²) < 4.78 is 23.1. The molecule has 0 saturated carbocycles. The maximum atomic E-state index is 13.3. The minimum absolute atomic E-state index is 0.0981. The number of aryl methyl sites for hydroxylation is 1. The Labute approximate surface area is 211 Å². The van der Waals surface area contributed by atoms with Gasteiger partial charge in [0.25, 0.3) is 0 Å². The number of carbonyl (C=O) groups is 1. The fourth-order valence-electron chi connectivity index (χ4n) is 4.63. The van der Waals surface area contributed by atoms with Gasteiger partial charge >= 0.3 is 0 Å². The number of carbonyl (C=O) groups excluding carboxylic acids is 1. The van der Waals surface area contributed by atoms with E-state index in [1.807, 2.05) is 74.4 Å². The van der Waals surface area contributed by atoms with E-state index in [1.54, 1.807) is 20.3 Å². The van der Waals surface area contributed by atoms with Gasteiger partial charge in [0, 0.05) is 32.9 Å². The molecule has 0 saturated heterocycles. The lowest BCUT2D eigenvalue weighted by atomic mass is 9.98. The average molecular weight is 487 g/mol. The van der Waals surface area contributed by atoms with Crippen LogP contribution in [0.2, 0.25) is 0 Å². The summed E-state index contributed by atoms with van der Waals surface area (Å²) in [6.45, 7) is 3.62. The fraction of sp³-hybridized carbons (Fsp3) is 0.276. The molecule has 0 bridgehead atoms. The molecule has 3 aromatic rings. The molecule has 2 aliphatic rings.